The molecule has 5 N–H and O–H groups in total. The molecule has 10 heteroatoms. The lowest BCUT2D eigenvalue weighted by atomic mass is 10.0. The van der Waals surface area contributed by atoms with Gasteiger partial charge in [0.15, 0.2) is 0 Å². The molecule has 0 aromatic carbocycles. The predicted molar refractivity (Wildman–Crippen MR) is 101 cm³/mol. The van der Waals surface area contributed by atoms with Gasteiger partial charge in [-0.2, -0.15) is 4.98 Å². The molecule has 0 spiro atoms. The van der Waals surface area contributed by atoms with Gasteiger partial charge in [-0.1, -0.05) is 11.6 Å². The number of halogens is 1. The van der Waals surface area contributed by atoms with Crippen LogP contribution in [0.15, 0.2) is 6.20 Å². The number of nitrogens with two attached hydrogens (primary N) is 2. The molecule has 0 fully saturated rings. The molecule has 1 aliphatic rings. The Hall–Kier alpha value is -2.65. The van der Waals surface area contributed by atoms with Gasteiger partial charge < -0.3 is 26.2 Å². The van der Waals surface area contributed by atoms with Gasteiger partial charge in [0.1, 0.15) is 16.7 Å². The molecule has 1 aliphatic heterocycles. The number of hydrogen-bond donors (Lipinski definition) is 3. The summed E-state index contributed by atoms with van der Waals surface area (Å²) in [5.74, 6) is 0.579. The number of nitrogen functional groups attached to an aromatic ring is 1. The maximum atomic E-state index is 11.5. The number of pyridine rings is 1. The SMILES string of the molecule is COc1c(CO)cnc(CN2CC(CC(N)=O)c3c(Cl)nc(N)nc32)c1C. The summed E-state index contributed by atoms with van der Waals surface area (Å²) >= 11 is 6.27. The Morgan fingerprint density at radius 1 is 1.48 bits per heavy atom. The minimum Gasteiger partial charge on any atom is -0.496 e. The summed E-state index contributed by atoms with van der Waals surface area (Å²) in [6, 6.07) is 0. The fourth-order valence-electron chi connectivity index (χ4n) is 3.45. The van der Waals surface area contributed by atoms with Crippen LogP contribution in [0.1, 0.15) is 34.7 Å². The van der Waals surface area contributed by atoms with E-state index in [2.05, 4.69) is 15.0 Å². The molecular formula is C17H21ClN6O3. The minimum absolute atomic E-state index is 0.0568. The summed E-state index contributed by atoms with van der Waals surface area (Å²) in [6.07, 6.45) is 1.72. The lowest BCUT2D eigenvalue weighted by molar-refractivity contribution is -0.118. The molecule has 27 heavy (non-hydrogen) atoms. The molecule has 2 aromatic heterocycles. The van der Waals surface area contributed by atoms with Crippen LogP contribution in [0.3, 0.4) is 0 Å². The molecule has 9 nitrogen and oxygen atoms in total. The first-order chi connectivity index (χ1) is 12.8. The Kier molecular flexibility index (Phi) is 5.33. The number of primary amides is 1. The number of nitrogens with zero attached hydrogens (tertiary/aromatic N) is 4. The van der Waals surface area contributed by atoms with E-state index < -0.39 is 5.91 Å². The summed E-state index contributed by atoms with van der Waals surface area (Å²) in [5.41, 5.74) is 14.0. The number of carbonyl (C=O) groups excluding carboxylic acids is 1. The van der Waals surface area contributed by atoms with Crippen LogP contribution in [0.25, 0.3) is 0 Å². The minimum atomic E-state index is -0.427. The van der Waals surface area contributed by atoms with Crippen molar-refractivity contribution in [3.63, 3.8) is 0 Å². The number of rotatable bonds is 6. The van der Waals surface area contributed by atoms with E-state index in [1.165, 1.54) is 0 Å². The molecule has 0 bridgehead atoms. The standard InChI is InChI=1S/C17H21ClN6O3/c1-8-11(21-4-10(7-25)14(8)27-2)6-24-5-9(3-12(19)26)13-15(18)22-17(20)23-16(13)24/h4,9,25H,3,5-7H2,1-2H3,(H2,19,26)(H2,20,22,23). The number of ether oxygens (including phenoxy) is 1. The number of aliphatic hydroxyl groups is 1. The molecule has 2 aromatic rings. The van der Waals surface area contributed by atoms with Gasteiger partial charge in [-0.3, -0.25) is 9.78 Å². The molecular weight excluding hydrogens is 372 g/mol. The van der Waals surface area contributed by atoms with E-state index >= 15 is 0 Å². The maximum Gasteiger partial charge on any atom is 0.223 e. The lowest BCUT2D eigenvalue weighted by Crippen LogP contribution is -2.25. The topological polar surface area (TPSA) is 140 Å². The van der Waals surface area contributed by atoms with Crippen molar-refractivity contribution in [3.05, 3.63) is 33.7 Å². The molecule has 0 aliphatic carbocycles. The highest BCUT2D eigenvalue weighted by Gasteiger charge is 2.35. The zero-order valence-corrected chi connectivity index (χ0v) is 15.8. The third-order valence-electron chi connectivity index (χ3n) is 4.65. The van der Waals surface area contributed by atoms with Crippen LogP contribution in [0.2, 0.25) is 5.15 Å². The lowest BCUT2D eigenvalue weighted by Gasteiger charge is -2.21. The molecule has 3 heterocycles. The molecule has 0 radical (unpaired) electrons. The number of aromatic nitrogens is 3. The van der Waals surface area contributed by atoms with Gasteiger partial charge in [-0.15, -0.1) is 0 Å². The van der Waals surface area contributed by atoms with Gasteiger partial charge in [-0.05, 0) is 6.92 Å². The summed E-state index contributed by atoms with van der Waals surface area (Å²) in [7, 11) is 1.55. The van der Waals surface area contributed by atoms with E-state index in [1.54, 1.807) is 13.3 Å². The normalized spacial score (nSPS) is 15.7. The number of hydrogen-bond acceptors (Lipinski definition) is 8. The second-order valence-corrected chi connectivity index (χ2v) is 6.76. The van der Waals surface area contributed by atoms with Gasteiger partial charge in [-0.25, -0.2) is 4.98 Å². The van der Waals surface area contributed by atoms with Crippen molar-refractivity contribution in [1.82, 2.24) is 15.0 Å². The summed E-state index contributed by atoms with van der Waals surface area (Å²) in [4.78, 5) is 26.2. The van der Waals surface area contributed by atoms with Gasteiger partial charge in [0.05, 0.1) is 26.0 Å². The highest BCUT2D eigenvalue weighted by Crippen LogP contribution is 2.41. The zero-order chi connectivity index (χ0) is 19.7. The number of amides is 1. The summed E-state index contributed by atoms with van der Waals surface area (Å²) in [6.45, 7) is 2.60. The average Bonchev–Trinajstić information content (AvgIpc) is 2.93. The number of aliphatic hydroxyl groups excluding tert-OH is 1. The van der Waals surface area contributed by atoms with E-state index in [0.717, 1.165) is 11.3 Å². The van der Waals surface area contributed by atoms with E-state index in [9.17, 15) is 9.90 Å². The van der Waals surface area contributed by atoms with Crippen LogP contribution in [0, 0.1) is 6.92 Å². The van der Waals surface area contributed by atoms with Crippen LogP contribution >= 0.6 is 11.6 Å². The maximum absolute atomic E-state index is 11.5. The van der Waals surface area contributed by atoms with Crippen molar-refractivity contribution in [3.8, 4) is 5.75 Å². The van der Waals surface area contributed by atoms with Crippen LogP contribution in [-0.2, 0) is 17.9 Å². The van der Waals surface area contributed by atoms with E-state index in [1.807, 2.05) is 11.8 Å². The van der Waals surface area contributed by atoms with Gasteiger partial charge in [0.25, 0.3) is 0 Å². The monoisotopic (exact) mass is 392 g/mol. The van der Waals surface area contributed by atoms with Crippen molar-refractivity contribution in [2.75, 3.05) is 24.3 Å². The van der Waals surface area contributed by atoms with E-state index in [4.69, 9.17) is 27.8 Å². The first kappa shape index (κ1) is 19.1. The van der Waals surface area contributed by atoms with Gasteiger partial charge in [0.2, 0.25) is 11.9 Å². The van der Waals surface area contributed by atoms with Gasteiger partial charge in [0, 0.05) is 41.8 Å². The quantitative estimate of drug-likeness (QED) is 0.615. The molecule has 1 unspecified atom stereocenters. The first-order valence-corrected chi connectivity index (χ1v) is 8.71. The fourth-order valence-corrected chi connectivity index (χ4v) is 3.78. The second kappa shape index (κ2) is 7.53. The molecule has 0 saturated heterocycles. The highest BCUT2D eigenvalue weighted by molar-refractivity contribution is 6.30. The smallest absolute Gasteiger partial charge is 0.223 e. The Labute approximate surface area is 161 Å². The molecule has 0 saturated carbocycles. The van der Waals surface area contributed by atoms with Crippen molar-refractivity contribution in [1.29, 1.82) is 0 Å². The van der Waals surface area contributed by atoms with E-state index in [0.29, 0.717) is 35.8 Å². The average molecular weight is 393 g/mol. The first-order valence-electron chi connectivity index (χ1n) is 8.34. The Bertz CT molecular complexity index is 891. The van der Waals surface area contributed by atoms with Crippen molar-refractivity contribution >= 4 is 29.3 Å². The van der Waals surface area contributed by atoms with Crippen molar-refractivity contribution < 1.29 is 14.6 Å². The van der Waals surface area contributed by atoms with Crippen LogP contribution < -0.4 is 21.1 Å². The van der Waals surface area contributed by atoms with Crippen LogP contribution in [0.5, 0.6) is 5.75 Å². The summed E-state index contributed by atoms with van der Waals surface area (Å²) < 4.78 is 5.41. The number of fused-ring (bicyclic) bond motifs is 1. The Morgan fingerprint density at radius 3 is 2.85 bits per heavy atom. The summed E-state index contributed by atoms with van der Waals surface area (Å²) in [5, 5.41) is 9.67. The fraction of sp³-hybridized carbons (Fsp3) is 0.412. The predicted octanol–water partition coefficient (Wildman–Crippen LogP) is 0.896. The third-order valence-corrected chi connectivity index (χ3v) is 4.94. The van der Waals surface area contributed by atoms with Gasteiger partial charge >= 0.3 is 0 Å². The van der Waals surface area contributed by atoms with E-state index in [-0.39, 0.29) is 30.0 Å². The van der Waals surface area contributed by atoms with Crippen LogP contribution in [0.4, 0.5) is 11.8 Å². The third kappa shape index (κ3) is 3.60. The zero-order valence-electron chi connectivity index (χ0n) is 15.1. The van der Waals surface area contributed by atoms with Crippen molar-refractivity contribution in [2.24, 2.45) is 5.73 Å². The Balaban J connectivity index is 1.99. The van der Waals surface area contributed by atoms with Crippen LogP contribution in [-0.4, -0.2) is 39.6 Å². The number of methoxy groups -OCH3 is 1. The van der Waals surface area contributed by atoms with Crippen molar-refractivity contribution in [2.45, 2.75) is 32.4 Å². The highest BCUT2D eigenvalue weighted by atomic mass is 35.5. The molecule has 1 amide bonds. The molecule has 144 valence electrons. The molecule has 1 atom stereocenters. The number of anilines is 2. The Morgan fingerprint density at radius 2 is 2.22 bits per heavy atom. The number of carbonyl (C=O) groups is 1. The second-order valence-electron chi connectivity index (χ2n) is 6.40. The largest absolute Gasteiger partial charge is 0.496 e. The molecule has 3 rings (SSSR count).